The van der Waals surface area contributed by atoms with E-state index in [1.54, 1.807) is 15.9 Å². The van der Waals surface area contributed by atoms with Crippen LogP contribution in [0.3, 0.4) is 0 Å². The molecular weight excluding hydrogens is 492 g/mol. The molecule has 3 amide bonds. The Kier molecular flexibility index (Phi) is 9.56. The predicted molar refractivity (Wildman–Crippen MR) is 146 cm³/mol. The zero-order valence-electron chi connectivity index (χ0n) is 22.6. The van der Waals surface area contributed by atoms with Crippen LogP contribution in [0, 0.1) is 0 Å². The molecule has 3 rings (SSSR count). The van der Waals surface area contributed by atoms with E-state index in [0.29, 0.717) is 48.9 Å². The van der Waals surface area contributed by atoms with Gasteiger partial charge in [0.05, 0.1) is 17.6 Å². The van der Waals surface area contributed by atoms with E-state index in [4.69, 9.17) is 9.47 Å². The number of methoxy groups -OCH3 is 1. The molecule has 0 unspecified atom stereocenters. The van der Waals surface area contributed by atoms with Crippen LogP contribution in [0.4, 0.5) is 4.79 Å². The number of piperazine rings is 1. The molecule has 0 bridgehead atoms. The summed E-state index contributed by atoms with van der Waals surface area (Å²) in [6, 6.07) is 9.19. The quantitative estimate of drug-likeness (QED) is 0.522. The lowest BCUT2D eigenvalue weighted by atomic mass is 10.1. The first kappa shape index (κ1) is 28.5. The molecule has 1 saturated heterocycles. The second kappa shape index (κ2) is 12.4. The molecule has 1 aliphatic rings. The molecular formula is C27H38N4O5S. The van der Waals surface area contributed by atoms with Gasteiger partial charge in [-0.2, -0.15) is 0 Å². The van der Waals surface area contributed by atoms with Crippen LogP contribution in [0.25, 0.3) is 10.4 Å². The van der Waals surface area contributed by atoms with Crippen LogP contribution in [0.2, 0.25) is 0 Å². The van der Waals surface area contributed by atoms with Gasteiger partial charge in [0.15, 0.2) is 0 Å². The molecule has 1 fully saturated rings. The number of thiophene rings is 1. The van der Waals surface area contributed by atoms with Crippen LogP contribution in [0.15, 0.2) is 30.3 Å². The van der Waals surface area contributed by atoms with E-state index >= 15 is 0 Å². The van der Waals surface area contributed by atoms with Crippen molar-refractivity contribution in [2.75, 3.05) is 60.5 Å². The molecule has 2 heterocycles. The monoisotopic (exact) mass is 530 g/mol. The number of carbonyl (C=O) groups is 3. The summed E-state index contributed by atoms with van der Waals surface area (Å²) in [5, 5.41) is 2.96. The fourth-order valence-corrected chi connectivity index (χ4v) is 4.83. The summed E-state index contributed by atoms with van der Waals surface area (Å²) >= 11 is 1.40. The van der Waals surface area contributed by atoms with E-state index in [9.17, 15) is 14.4 Å². The molecule has 1 aromatic heterocycles. The standard InChI is InChI=1S/C27H38N4O5S/c1-27(2,3)36-26(34)31-16-14-30(15-17-31)25(33)20-9-8-19(18-21(20)35-6)22-10-11-23(37-22)24(32)28-12-7-13-29(4)5/h8-11,18H,7,12-17H2,1-6H3,(H,28,32). The van der Waals surface area contributed by atoms with E-state index in [-0.39, 0.29) is 17.9 Å². The Balaban J connectivity index is 1.63. The number of nitrogens with one attached hydrogen (secondary N) is 1. The van der Waals surface area contributed by atoms with Gasteiger partial charge in [-0.25, -0.2) is 4.79 Å². The van der Waals surface area contributed by atoms with Gasteiger partial charge in [0.1, 0.15) is 11.4 Å². The second-order valence-electron chi connectivity index (χ2n) is 10.3. The third-order valence-electron chi connectivity index (χ3n) is 5.83. The third kappa shape index (κ3) is 7.93. The Morgan fingerprint density at radius 1 is 1.03 bits per heavy atom. The lowest BCUT2D eigenvalue weighted by Crippen LogP contribution is -2.51. The topological polar surface area (TPSA) is 91.4 Å². The molecule has 10 heteroatoms. The van der Waals surface area contributed by atoms with Crippen LogP contribution >= 0.6 is 11.3 Å². The van der Waals surface area contributed by atoms with Crippen LogP contribution in [0.5, 0.6) is 5.75 Å². The highest BCUT2D eigenvalue weighted by Crippen LogP contribution is 2.33. The maximum Gasteiger partial charge on any atom is 0.410 e. The van der Waals surface area contributed by atoms with Crippen molar-refractivity contribution >= 4 is 29.2 Å². The number of carbonyl (C=O) groups excluding carboxylic acids is 3. The van der Waals surface area contributed by atoms with Crippen molar-refractivity contribution in [2.45, 2.75) is 32.8 Å². The smallest absolute Gasteiger partial charge is 0.410 e. The molecule has 202 valence electrons. The minimum Gasteiger partial charge on any atom is -0.496 e. The van der Waals surface area contributed by atoms with Gasteiger partial charge >= 0.3 is 6.09 Å². The van der Waals surface area contributed by atoms with E-state index in [1.165, 1.54) is 18.4 Å². The van der Waals surface area contributed by atoms with Crippen molar-refractivity contribution in [2.24, 2.45) is 0 Å². The van der Waals surface area contributed by atoms with Gasteiger partial charge in [-0.05, 0) is 77.7 Å². The molecule has 1 aliphatic heterocycles. The molecule has 0 aliphatic carbocycles. The van der Waals surface area contributed by atoms with Gasteiger partial charge in [-0.1, -0.05) is 6.07 Å². The van der Waals surface area contributed by atoms with E-state index in [1.807, 2.05) is 59.1 Å². The van der Waals surface area contributed by atoms with Crippen molar-refractivity contribution in [3.8, 4) is 16.2 Å². The molecule has 1 N–H and O–H groups in total. The lowest BCUT2D eigenvalue weighted by Gasteiger charge is -2.35. The first-order valence-electron chi connectivity index (χ1n) is 12.5. The summed E-state index contributed by atoms with van der Waals surface area (Å²) in [5.41, 5.74) is 0.783. The van der Waals surface area contributed by atoms with E-state index < -0.39 is 5.60 Å². The van der Waals surface area contributed by atoms with Crippen molar-refractivity contribution in [1.82, 2.24) is 20.0 Å². The van der Waals surface area contributed by atoms with Crippen LogP contribution in [-0.2, 0) is 4.74 Å². The SMILES string of the molecule is COc1cc(-c2ccc(C(=O)NCCCN(C)C)s2)ccc1C(=O)N1CCN(C(=O)OC(C)(C)C)CC1. The first-order valence-corrected chi connectivity index (χ1v) is 13.3. The van der Waals surface area contributed by atoms with E-state index in [0.717, 1.165) is 23.4 Å². The molecule has 1 aromatic carbocycles. The number of rotatable bonds is 8. The molecule has 0 saturated carbocycles. The third-order valence-corrected chi connectivity index (χ3v) is 6.97. The van der Waals surface area contributed by atoms with Gasteiger partial charge in [0.25, 0.3) is 11.8 Å². The highest BCUT2D eigenvalue weighted by atomic mass is 32.1. The van der Waals surface area contributed by atoms with E-state index in [2.05, 4.69) is 10.2 Å². The average molecular weight is 531 g/mol. The minimum absolute atomic E-state index is 0.0840. The number of amides is 3. The summed E-state index contributed by atoms with van der Waals surface area (Å²) in [4.78, 5) is 45.1. The second-order valence-corrected chi connectivity index (χ2v) is 11.3. The fourth-order valence-electron chi connectivity index (χ4n) is 3.91. The Morgan fingerprint density at radius 3 is 2.32 bits per heavy atom. The predicted octanol–water partition coefficient (Wildman–Crippen LogP) is 3.80. The van der Waals surface area contributed by atoms with Crippen LogP contribution in [0.1, 0.15) is 47.2 Å². The number of hydrogen-bond donors (Lipinski definition) is 1. The highest BCUT2D eigenvalue weighted by Gasteiger charge is 2.29. The number of benzene rings is 1. The molecule has 0 radical (unpaired) electrons. The largest absolute Gasteiger partial charge is 0.496 e. The zero-order valence-corrected chi connectivity index (χ0v) is 23.4. The normalized spacial score (nSPS) is 14.0. The summed E-state index contributed by atoms with van der Waals surface area (Å²) in [6.07, 6.45) is 0.527. The van der Waals surface area contributed by atoms with Crippen molar-refractivity contribution in [1.29, 1.82) is 0 Å². The summed E-state index contributed by atoms with van der Waals surface area (Å²) in [7, 11) is 5.55. The van der Waals surface area contributed by atoms with Crippen LogP contribution in [-0.4, -0.2) is 98.7 Å². The van der Waals surface area contributed by atoms with Gasteiger partial charge < -0.3 is 29.5 Å². The molecule has 37 heavy (non-hydrogen) atoms. The fraction of sp³-hybridized carbons (Fsp3) is 0.519. The highest BCUT2D eigenvalue weighted by molar-refractivity contribution is 7.17. The summed E-state index contributed by atoms with van der Waals surface area (Å²) in [5.74, 6) is 0.246. The van der Waals surface area contributed by atoms with Crippen molar-refractivity contribution < 1.29 is 23.9 Å². The molecule has 0 spiro atoms. The summed E-state index contributed by atoms with van der Waals surface area (Å²) in [6.45, 7) is 8.70. The maximum atomic E-state index is 13.3. The van der Waals surface area contributed by atoms with Crippen molar-refractivity contribution in [3.05, 3.63) is 40.8 Å². The van der Waals surface area contributed by atoms with Gasteiger partial charge in [-0.15, -0.1) is 11.3 Å². The zero-order chi connectivity index (χ0) is 27.2. The van der Waals surface area contributed by atoms with Gasteiger partial charge in [0, 0.05) is 37.6 Å². The lowest BCUT2D eigenvalue weighted by molar-refractivity contribution is 0.0140. The Labute approximate surface area is 223 Å². The first-order chi connectivity index (χ1) is 17.5. The number of nitrogens with zero attached hydrogens (tertiary/aromatic N) is 3. The Morgan fingerprint density at radius 2 is 1.70 bits per heavy atom. The maximum absolute atomic E-state index is 13.3. The Bertz CT molecular complexity index is 1100. The average Bonchev–Trinajstić information content (AvgIpc) is 3.35. The number of hydrogen-bond acceptors (Lipinski definition) is 7. The van der Waals surface area contributed by atoms with Gasteiger partial charge in [-0.3, -0.25) is 9.59 Å². The molecule has 2 aromatic rings. The molecule has 0 atom stereocenters. The van der Waals surface area contributed by atoms with Crippen molar-refractivity contribution in [3.63, 3.8) is 0 Å². The number of ether oxygens (including phenoxy) is 2. The Hall–Kier alpha value is -3.11. The van der Waals surface area contributed by atoms with Crippen LogP contribution < -0.4 is 10.1 Å². The summed E-state index contributed by atoms with van der Waals surface area (Å²) < 4.78 is 11.0. The van der Waals surface area contributed by atoms with Gasteiger partial charge in [0.2, 0.25) is 0 Å². The minimum atomic E-state index is -0.557. The molecule has 9 nitrogen and oxygen atoms in total.